The van der Waals surface area contributed by atoms with E-state index in [9.17, 15) is 4.79 Å². The predicted molar refractivity (Wildman–Crippen MR) is 126 cm³/mol. The van der Waals surface area contributed by atoms with Crippen LogP contribution in [0.5, 0.6) is 0 Å². The number of oxime groups is 1. The van der Waals surface area contributed by atoms with E-state index < -0.39 is 0 Å². The van der Waals surface area contributed by atoms with Crippen molar-refractivity contribution in [1.29, 1.82) is 0 Å². The van der Waals surface area contributed by atoms with Crippen LogP contribution in [0.25, 0.3) is 10.9 Å². The van der Waals surface area contributed by atoms with E-state index in [0.717, 1.165) is 59.2 Å². The highest BCUT2D eigenvalue weighted by Gasteiger charge is 2.29. The number of nitrogens with zero attached hydrogens (tertiary/aromatic N) is 2. The van der Waals surface area contributed by atoms with Crippen molar-refractivity contribution < 1.29 is 9.63 Å². The molecule has 0 bridgehead atoms. The fourth-order valence-electron chi connectivity index (χ4n) is 4.68. The van der Waals surface area contributed by atoms with Gasteiger partial charge in [-0.15, -0.1) is 0 Å². The first-order chi connectivity index (χ1) is 15.7. The summed E-state index contributed by atoms with van der Waals surface area (Å²) >= 11 is 0. The lowest BCUT2D eigenvalue weighted by Gasteiger charge is -2.29. The molecular formula is C26H30N4O2. The van der Waals surface area contributed by atoms with Crippen molar-refractivity contribution in [3.63, 3.8) is 0 Å². The Hall–Kier alpha value is -3.15. The molecule has 166 valence electrons. The average molecular weight is 431 g/mol. The van der Waals surface area contributed by atoms with E-state index >= 15 is 0 Å². The van der Waals surface area contributed by atoms with E-state index in [4.69, 9.17) is 4.84 Å². The summed E-state index contributed by atoms with van der Waals surface area (Å²) in [5, 5.41) is 8.79. The van der Waals surface area contributed by atoms with Crippen LogP contribution >= 0.6 is 0 Å². The van der Waals surface area contributed by atoms with Gasteiger partial charge in [0, 0.05) is 34.8 Å². The van der Waals surface area contributed by atoms with E-state index in [1.807, 2.05) is 49.4 Å². The van der Waals surface area contributed by atoms with E-state index in [2.05, 4.69) is 20.4 Å². The summed E-state index contributed by atoms with van der Waals surface area (Å²) in [7, 11) is 0. The number of H-pyrrole nitrogens is 1. The van der Waals surface area contributed by atoms with Gasteiger partial charge >= 0.3 is 0 Å². The lowest BCUT2D eigenvalue weighted by Crippen LogP contribution is -2.39. The van der Waals surface area contributed by atoms with Crippen molar-refractivity contribution in [3.05, 3.63) is 65.6 Å². The maximum Gasteiger partial charge on any atom is 0.253 e. The zero-order valence-electron chi connectivity index (χ0n) is 18.5. The molecule has 0 aliphatic heterocycles. The third-order valence-corrected chi connectivity index (χ3v) is 6.67. The number of carbonyl (C=O) groups excluding carboxylic acids is 1. The second-order valence-electron chi connectivity index (χ2n) is 9.12. The number of amides is 1. The van der Waals surface area contributed by atoms with Crippen molar-refractivity contribution in [3.8, 4) is 0 Å². The van der Waals surface area contributed by atoms with Gasteiger partial charge in [0.05, 0.1) is 11.3 Å². The van der Waals surface area contributed by atoms with Gasteiger partial charge in [0.25, 0.3) is 5.91 Å². The Kier molecular flexibility index (Phi) is 5.93. The Bertz CT molecular complexity index is 1110. The summed E-state index contributed by atoms with van der Waals surface area (Å²) in [5.41, 5.74) is 4.51. The molecule has 0 saturated heterocycles. The molecule has 0 unspecified atom stereocenters. The molecule has 2 aliphatic rings. The average Bonchev–Trinajstić information content (AvgIpc) is 3.57. The molecule has 2 aromatic heterocycles. The molecule has 0 radical (unpaired) electrons. The van der Waals surface area contributed by atoms with Crippen molar-refractivity contribution in [2.45, 2.75) is 51.5 Å². The highest BCUT2D eigenvalue weighted by atomic mass is 16.6. The van der Waals surface area contributed by atoms with Crippen molar-refractivity contribution in [2.75, 3.05) is 6.61 Å². The van der Waals surface area contributed by atoms with Crippen molar-refractivity contribution in [2.24, 2.45) is 17.0 Å². The monoisotopic (exact) mass is 430 g/mol. The van der Waals surface area contributed by atoms with Gasteiger partial charge in [0.2, 0.25) is 0 Å². The molecule has 2 heterocycles. The first kappa shape index (κ1) is 20.7. The molecule has 1 amide bonds. The molecule has 2 saturated carbocycles. The normalized spacial score (nSPS) is 21.5. The molecule has 5 rings (SSSR count). The van der Waals surface area contributed by atoms with Crippen LogP contribution < -0.4 is 5.32 Å². The topological polar surface area (TPSA) is 79.4 Å². The molecule has 2 fully saturated rings. The number of para-hydroxylation sites is 1. The van der Waals surface area contributed by atoms with Crippen LogP contribution in [-0.2, 0) is 4.84 Å². The summed E-state index contributed by atoms with van der Waals surface area (Å²) in [5.74, 6) is 0.976. The smallest absolute Gasteiger partial charge is 0.253 e. The van der Waals surface area contributed by atoms with Gasteiger partial charge in [0.15, 0.2) is 0 Å². The molecule has 2 N–H and O–H groups in total. The molecule has 0 atom stereocenters. The highest BCUT2D eigenvalue weighted by Crippen LogP contribution is 2.31. The number of hydrogen-bond donors (Lipinski definition) is 2. The number of aryl methyl sites for hydroxylation is 1. The number of aromatic nitrogens is 2. The van der Waals surface area contributed by atoms with Gasteiger partial charge in [-0.1, -0.05) is 29.4 Å². The van der Waals surface area contributed by atoms with Crippen LogP contribution in [0.3, 0.4) is 0 Å². The summed E-state index contributed by atoms with van der Waals surface area (Å²) < 4.78 is 0. The Morgan fingerprint density at radius 1 is 1.09 bits per heavy atom. The van der Waals surface area contributed by atoms with Gasteiger partial charge < -0.3 is 15.1 Å². The molecular weight excluding hydrogens is 400 g/mol. The zero-order chi connectivity index (χ0) is 21.9. The van der Waals surface area contributed by atoms with E-state index in [1.165, 1.54) is 12.8 Å². The Morgan fingerprint density at radius 2 is 1.88 bits per heavy atom. The summed E-state index contributed by atoms with van der Waals surface area (Å²) in [6, 6.07) is 14.1. The Balaban J connectivity index is 1.24. The number of aromatic amines is 1. The quantitative estimate of drug-likeness (QED) is 0.409. The van der Waals surface area contributed by atoms with Gasteiger partial charge in [-0.2, -0.15) is 0 Å². The van der Waals surface area contributed by atoms with Crippen LogP contribution in [0.15, 0.2) is 53.8 Å². The SMILES string of the molecule is Cc1[nH]c2ccccc2c1C(=O)N[C@H]1CC[C@H](/C(=N/OCC2CC2)c2ccccn2)CC1. The summed E-state index contributed by atoms with van der Waals surface area (Å²) in [6.45, 7) is 2.66. The van der Waals surface area contributed by atoms with Crippen LogP contribution in [0.1, 0.15) is 60.3 Å². The standard InChI is InChI=1S/C26H30N4O2/c1-17-24(21-6-2-3-7-22(21)28-17)26(31)29-20-13-11-19(12-14-20)25(23-8-4-5-15-27-23)30-32-16-18-9-10-18/h2-8,15,18-20,28H,9-14,16H2,1H3,(H,29,31)/b30-25-/t19-,20-. The highest BCUT2D eigenvalue weighted by molar-refractivity contribution is 6.08. The molecule has 1 aromatic carbocycles. The van der Waals surface area contributed by atoms with Crippen molar-refractivity contribution >= 4 is 22.5 Å². The molecule has 0 spiro atoms. The minimum atomic E-state index is 0.00906. The Labute approximate surface area is 188 Å². The zero-order valence-corrected chi connectivity index (χ0v) is 18.5. The minimum absolute atomic E-state index is 0.00906. The number of carbonyl (C=O) groups is 1. The summed E-state index contributed by atoms with van der Waals surface area (Å²) in [6.07, 6.45) is 8.06. The van der Waals surface area contributed by atoms with E-state index in [0.29, 0.717) is 18.4 Å². The lowest BCUT2D eigenvalue weighted by molar-refractivity contribution is 0.0925. The molecule has 3 aromatic rings. The fraction of sp³-hybridized carbons (Fsp3) is 0.423. The second-order valence-corrected chi connectivity index (χ2v) is 9.12. The van der Waals surface area contributed by atoms with Gasteiger partial charge in [0.1, 0.15) is 12.3 Å². The maximum atomic E-state index is 13.1. The van der Waals surface area contributed by atoms with Gasteiger partial charge in [-0.25, -0.2) is 0 Å². The first-order valence-corrected chi connectivity index (χ1v) is 11.7. The first-order valence-electron chi connectivity index (χ1n) is 11.7. The Morgan fingerprint density at radius 3 is 2.62 bits per heavy atom. The van der Waals surface area contributed by atoms with Crippen LogP contribution in [-0.4, -0.2) is 34.2 Å². The molecule has 6 nitrogen and oxygen atoms in total. The number of hydrogen-bond acceptors (Lipinski definition) is 4. The maximum absolute atomic E-state index is 13.1. The number of nitrogens with one attached hydrogen (secondary N) is 2. The third kappa shape index (κ3) is 4.54. The van der Waals surface area contributed by atoms with Crippen LogP contribution in [0.4, 0.5) is 0 Å². The van der Waals surface area contributed by atoms with Gasteiger partial charge in [-0.3, -0.25) is 9.78 Å². The van der Waals surface area contributed by atoms with Crippen LogP contribution in [0, 0.1) is 18.8 Å². The fourth-order valence-corrected chi connectivity index (χ4v) is 4.68. The van der Waals surface area contributed by atoms with Crippen LogP contribution in [0.2, 0.25) is 0 Å². The van der Waals surface area contributed by atoms with Gasteiger partial charge in [-0.05, 0) is 69.6 Å². The summed E-state index contributed by atoms with van der Waals surface area (Å²) in [4.78, 5) is 26.6. The predicted octanol–water partition coefficient (Wildman–Crippen LogP) is 4.99. The number of pyridine rings is 1. The van der Waals surface area contributed by atoms with Crippen molar-refractivity contribution in [1.82, 2.24) is 15.3 Å². The third-order valence-electron chi connectivity index (χ3n) is 6.67. The second kappa shape index (κ2) is 9.15. The number of benzene rings is 1. The largest absolute Gasteiger partial charge is 0.395 e. The molecule has 2 aliphatic carbocycles. The molecule has 32 heavy (non-hydrogen) atoms. The molecule has 6 heteroatoms. The van der Waals surface area contributed by atoms with E-state index in [-0.39, 0.29) is 11.9 Å². The number of rotatable bonds is 7. The number of fused-ring (bicyclic) bond motifs is 1. The minimum Gasteiger partial charge on any atom is -0.395 e. The van der Waals surface area contributed by atoms with E-state index in [1.54, 1.807) is 6.20 Å². The lowest BCUT2D eigenvalue weighted by atomic mass is 9.82.